The largest absolute Gasteiger partial charge is 0.293 e. The maximum Gasteiger partial charge on any atom is 0.176 e. The molecule has 0 saturated carbocycles. The first-order valence-corrected chi connectivity index (χ1v) is 12.3. The molecule has 37 heavy (non-hydrogen) atoms. The molecule has 0 fully saturated rings. The summed E-state index contributed by atoms with van der Waals surface area (Å²) in [7, 11) is 0. The number of halogens is 1. The topological polar surface area (TPSA) is 84.5 Å². The summed E-state index contributed by atoms with van der Waals surface area (Å²) < 4.78 is 16.9. The van der Waals surface area contributed by atoms with E-state index < -0.39 is 5.41 Å². The van der Waals surface area contributed by atoms with Crippen molar-refractivity contribution in [3.05, 3.63) is 95.8 Å². The van der Waals surface area contributed by atoms with Gasteiger partial charge in [-0.1, -0.05) is 44.2 Å². The van der Waals surface area contributed by atoms with Gasteiger partial charge in [0.2, 0.25) is 0 Å². The first-order chi connectivity index (χ1) is 17.9. The highest BCUT2D eigenvalue weighted by atomic mass is 19.1. The van der Waals surface area contributed by atoms with Gasteiger partial charge in [-0.2, -0.15) is 10.4 Å². The highest BCUT2D eigenvalue weighted by molar-refractivity contribution is 6.02. The van der Waals surface area contributed by atoms with Crippen LogP contribution in [-0.4, -0.2) is 25.5 Å². The van der Waals surface area contributed by atoms with Crippen LogP contribution in [0.5, 0.6) is 0 Å². The molecule has 6 nitrogen and oxygen atoms in total. The molecule has 2 heterocycles. The van der Waals surface area contributed by atoms with Crippen molar-refractivity contribution in [2.45, 2.75) is 32.1 Å². The third-order valence-electron chi connectivity index (χ3n) is 7.94. The van der Waals surface area contributed by atoms with E-state index in [9.17, 15) is 14.4 Å². The van der Waals surface area contributed by atoms with E-state index in [2.05, 4.69) is 23.0 Å². The van der Waals surface area contributed by atoms with Crippen molar-refractivity contribution in [3.8, 4) is 34.3 Å². The van der Waals surface area contributed by atoms with E-state index >= 15 is 0 Å². The van der Waals surface area contributed by atoms with E-state index in [-0.39, 0.29) is 29.0 Å². The van der Waals surface area contributed by atoms with Crippen LogP contribution < -0.4 is 0 Å². The van der Waals surface area contributed by atoms with E-state index in [1.54, 1.807) is 18.3 Å². The second-order valence-corrected chi connectivity index (χ2v) is 9.96. The molecule has 3 atom stereocenters. The second kappa shape index (κ2) is 8.59. The molecule has 6 rings (SSSR count). The lowest BCUT2D eigenvalue weighted by Crippen LogP contribution is -2.46. The summed E-state index contributed by atoms with van der Waals surface area (Å²) in [4.78, 5) is 21.2. The number of allylic oxidation sites excluding steroid dienone is 2. The molecule has 0 spiro atoms. The van der Waals surface area contributed by atoms with Crippen LogP contribution in [0.2, 0.25) is 0 Å². The van der Waals surface area contributed by atoms with Crippen LogP contribution in [-0.2, 0) is 16.6 Å². The fourth-order valence-corrected chi connectivity index (χ4v) is 6.14. The summed E-state index contributed by atoms with van der Waals surface area (Å²) >= 11 is 0. The molecule has 0 bridgehead atoms. The molecule has 4 aromatic rings. The highest BCUT2D eigenvalue weighted by Gasteiger charge is 2.50. The molecule has 2 aliphatic rings. The number of hydrogen-bond donors (Lipinski definition) is 0. The Morgan fingerprint density at radius 2 is 1.92 bits per heavy atom. The van der Waals surface area contributed by atoms with Crippen molar-refractivity contribution in [2.75, 3.05) is 0 Å². The number of carbonyl (C=O) groups excluding carboxylic acids is 1. The average molecular weight is 490 g/mol. The minimum atomic E-state index is -0.617. The Morgan fingerprint density at radius 3 is 2.62 bits per heavy atom. The van der Waals surface area contributed by atoms with Gasteiger partial charge in [-0.25, -0.2) is 19.0 Å². The van der Waals surface area contributed by atoms with Gasteiger partial charge in [-0.3, -0.25) is 4.79 Å². The molecule has 0 N–H and O–H groups in total. The molecular formula is C30H24FN5O. The number of fused-ring (bicyclic) bond motifs is 3. The van der Waals surface area contributed by atoms with Crippen molar-refractivity contribution >= 4 is 5.78 Å². The van der Waals surface area contributed by atoms with Gasteiger partial charge in [-0.05, 0) is 49.1 Å². The minimum absolute atomic E-state index is 0.00816. The summed E-state index contributed by atoms with van der Waals surface area (Å²) in [5.74, 6) is -0.725. The molecule has 0 radical (unpaired) electrons. The molecule has 0 aliphatic heterocycles. The monoisotopic (exact) mass is 489 g/mol. The lowest BCUT2D eigenvalue weighted by atomic mass is 9.57. The van der Waals surface area contributed by atoms with Crippen molar-refractivity contribution in [2.24, 2.45) is 11.8 Å². The van der Waals surface area contributed by atoms with Crippen molar-refractivity contribution in [1.82, 2.24) is 19.7 Å². The molecule has 7 heteroatoms. The first kappa shape index (κ1) is 23.0. The number of Topliss-reactive ketones (excluding diaryl/α,β-unsaturated/α-hetero) is 1. The number of ketones is 1. The van der Waals surface area contributed by atoms with E-state index in [1.165, 1.54) is 12.4 Å². The average Bonchev–Trinajstić information content (AvgIpc) is 3.32. The summed E-state index contributed by atoms with van der Waals surface area (Å²) in [5.41, 5.74) is 5.04. The van der Waals surface area contributed by atoms with Crippen LogP contribution in [0.15, 0.2) is 78.8 Å². The number of nitrogens with zero attached hydrogens (tertiary/aromatic N) is 5. The predicted molar refractivity (Wildman–Crippen MR) is 137 cm³/mol. The zero-order valence-electron chi connectivity index (χ0n) is 20.5. The lowest BCUT2D eigenvalue weighted by Gasteiger charge is -2.45. The number of nitriles is 1. The number of carbonyl (C=O) groups is 1. The maximum absolute atomic E-state index is 15.0. The standard InChI is InChI=1S/C30H24FN5O/c1-18-24-12-11-23-27(22-5-3-4-6-25(22)31)35-36(29(23)30(24,2)15-20(16-32)28(18)37)21-9-7-19(8-10-21)26-13-14-33-17-34-26/h3-10,13-15,17-18,24H,11-12H2,1-2H3/t18-,24-,30-/m1/s1. The molecule has 0 unspecified atom stereocenters. The van der Waals surface area contributed by atoms with E-state index in [4.69, 9.17) is 5.10 Å². The van der Waals surface area contributed by atoms with E-state index in [0.29, 0.717) is 17.7 Å². The summed E-state index contributed by atoms with van der Waals surface area (Å²) in [6, 6.07) is 18.5. The zero-order valence-corrected chi connectivity index (χ0v) is 20.5. The van der Waals surface area contributed by atoms with Crippen molar-refractivity contribution in [1.29, 1.82) is 5.26 Å². The first-order valence-electron chi connectivity index (χ1n) is 12.3. The predicted octanol–water partition coefficient (Wildman–Crippen LogP) is 5.62. The molecule has 2 aromatic heterocycles. The summed E-state index contributed by atoms with van der Waals surface area (Å²) in [6.07, 6.45) is 6.46. The number of rotatable bonds is 3. The third kappa shape index (κ3) is 3.52. The van der Waals surface area contributed by atoms with Gasteiger partial charge in [0.15, 0.2) is 5.78 Å². The molecule has 0 saturated heterocycles. The smallest absolute Gasteiger partial charge is 0.176 e. The SMILES string of the molecule is C[C@H]1C(=O)C(C#N)=C[C@@]2(C)c3c(c(-c4ccccc4F)nn3-c3ccc(-c4ccncn4)cc3)CC[C@H]12. The van der Waals surface area contributed by atoms with Gasteiger partial charge in [0.25, 0.3) is 0 Å². The third-order valence-corrected chi connectivity index (χ3v) is 7.94. The van der Waals surface area contributed by atoms with Gasteiger partial charge in [0.05, 0.1) is 28.3 Å². The maximum atomic E-state index is 15.0. The normalized spacial score (nSPS) is 22.5. The Balaban J connectivity index is 1.59. The fraction of sp³-hybridized carbons (Fsp3) is 0.233. The van der Waals surface area contributed by atoms with Crippen LogP contribution in [0.25, 0.3) is 28.2 Å². The van der Waals surface area contributed by atoms with Gasteiger partial charge in [0.1, 0.15) is 18.2 Å². The number of hydrogen-bond acceptors (Lipinski definition) is 5. The Labute approximate surface area is 214 Å². The highest BCUT2D eigenvalue weighted by Crippen LogP contribution is 2.52. The van der Waals surface area contributed by atoms with Crippen molar-refractivity contribution < 1.29 is 9.18 Å². The summed E-state index contributed by atoms with van der Waals surface area (Å²) in [5, 5.41) is 14.7. The van der Waals surface area contributed by atoms with Gasteiger partial charge < -0.3 is 0 Å². The Bertz CT molecular complexity index is 1600. The van der Waals surface area contributed by atoms with E-state index in [0.717, 1.165) is 34.6 Å². The molecular weight excluding hydrogens is 465 g/mol. The minimum Gasteiger partial charge on any atom is -0.293 e. The Hall–Kier alpha value is -4.44. The quantitative estimate of drug-likeness (QED) is 0.373. The molecule has 182 valence electrons. The van der Waals surface area contributed by atoms with Crippen LogP contribution >= 0.6 is 0 Å². The Kier molecular flexibility index (Phi) is 5.34. The molecule has 2 aliphatic carbocycles. The van der Waals surface area contributed by atoms with Crippen LogP contribution in [0.1, 0.15) is 31.5 Å². The second-order valence-electron chi connectivity index (χ2n) is 9.96. The molecule has 2 aromatic carbocycles. The van der Waals surface area contributed by atoms with Gasteiger partial charge in [-0.15, -0.1) is 0 Å². The van der Waals surface area contributed by atoms with Crippen LogP contribution in [0.3, 0.4) is 0 Å². The van der Waals surface area contributed by atoms with Crippen LogP contribution in [0.4, 0.5) is 4.39 Å². The lowest BCUT2D eigenvalue weighted by molar-refractivity contribution is -0.121. The van der Waals surface area contributed by atoms with Gasteiger partial charge >= 0.3 is 0 Å². The molecule has 0 amide bonds. The summed E-state index contributed by atoms with van der Waals surface area (Å²) in [6.45, 7) is 3.99. The number of aromatic nitrogens is 4. The number of benzene rings is 2. The van der Waals surface area contributed by atoms with E-state index in [1.807, 2.05) is 54.1 Å². The van der Waals surface area contributed by atoms with Gasteiger partial charge in [0, 0.05) is 34.2 Å². The Morgan fingerprint density at radius 1 is 1.14 bits per heavy atom. The fourth-order valence-electron chi connectivity index (χ4n) is 6.14. The zero-order chi connectivity index (χ0) is 25.7. The van der Waals surface area contributed by atoms with Crippen molar-refractivity contribution in [3.63, 3.8) is 0 Å². The van der Waals surface area contributed by atoms with Crippen LogP contribution in [0, 0.1) is 29.0 Å².